The zero-order valence-corrected chi connectivity index (χ0v) is 13.2. The molecule has 0 saturated carbocycles. The summed E-state index contributed by atoms with van der Waals surface area (Å²) in [4.78, 5) is 14.7. The first-order chi connectivity index (χ1) is 10.2. The molecule has 0 unspecified atom stereocenters. The Morgan fingerprint density at radius 1 is 1.24 bits per heavy atom. The largest absolute Gasteiger partial charge is 0.326 e. The Hall–Kier alpha value is -1.39. The summed E-state index contributed by atoms with van der Waals surface area (Å²) in [6, 6.07) is 8.15. The van der Waals surface area contributed by atoms with Crippen LogP contribution in [0.4, 0.5) is 5.69 Å². The van der Waals surface area contributed by atoms with Crippen LogP contribution >= 0.6 is 0 Å². The lowest BCUT2D eigenvalue weighted by Gasteiger charge is -2.24. The van der Waals surface area contributed by atoms with E-state index in [1.807, 2.05) is 18.2 Å². The van der Waals surface area contributed by atoms with Crippen LogP contribution in [0.15, 0.2) is 24.3 Å². The summed E-state index contributed by atoms with van der Waals surface area (Å²) in [5, 5.41) is 6.44. The Labute approximate surface area is 127 Å². The lowest BCUT2D eigenvalue weighted by molar-refractivity contribution is -0.120. The van der Waals surface area contributed by atoms with Crippen molar-refractivity contribution in [2.24, 2.45) is 5.92 Å². The second-order valence-electron chi connectivity index (χ2n) is 5.63. The summed E-state index contributed by atoms with van der Waals surface area (Å²) in [7, 11) is 0. The molecule has 0 spiro atoms. The van der Waals surface area contributed by atoms with Crippen LogP contribution in [-0.4, -0.2) is 37.0 Å². The van der Waals surface area contributed by atoms with E-state index >= 15 is 0 Å². The smallest absolute Gasteiger partial charge is 0.227 e. The van der Waals surface area contributed by atoms with Crippen molar-refractivity contribution in [1.82, 2.24) is 10.2 Å². The van der Waals surface area contributed by atoms with E-state index in [1.54, 1.807) is 0 Å². The first kappa shape index (κ1) is 16.0. The van der Waals surface area contributed by atoms with Gasteiger partial charge in [-0.3, -0.25) is 9.69 Å². The summed E-state index contributed by atoms with van der Waals surface area (Å²) in [5.41, 5.74) is 2.16. The highest BCUT2D eigenvalue weighted by molar-refractivity contribution is 5.93. The van der Waals surface area contributed by atoms with Gasteiger partial charge in [-0.2, -0.15) is 0 Å². The van der Waals surface area contributed by atoms with E-state index in [9.17, 15) is 4.79 Å². The second-order valence-corrected chi connectivity index (χ2v) is 5.63. The number of nitrogens with one attached hydrogen (secondary N) is 2. The molecule has 1 aliphatic heterocycles. The number of para-hydroxylation sites is 1. The van der Waals surface area contributed by atoms with Crippen LogP contribution in [-0.2, 0) is 11.3 Å². The third kappa shape index (κ3) is 4.55. The molecular formula is C17H27N3O. The summed E-state index contributed by atoms with van der Waals surface area (Å²) in [6.45, 7) is 9.15. The fourth-order valence-corrected chi connectivity index (χ4v) is 2.79. The third-order valence-corrected chi connectivity index (χ3v) is 4.27. The molecule has 0 aromatic heterocycles. The van der Waals surface area contributed by atoms with Gasteiger partial charge in [-0.05, 0) is 50.7 Å². The number of hydrogen-bond donors (Lipinski definition) is 2. The Balaban J connectivity index is 2.03. The first-order valence-corrected chi connectivity index (χ1v) is 8.06. The van der Waals surface area contributed by atoms with Gasteiger partial charge in [0, 0.05) is 18.2 Å². The molecule has 2 rings (SSSR count). The predicted molar refractivity (Wildman–Crippen MR) is 87.3 cm³/mol. The summed E-state index contributed by atoms with van der Waals surface area (Å²) in [5.74, 6) is 0.316. The molecule has 1 aromatic rings. The number of nitrogens with zero attached hydrogens (tertiary/aromatic N) is 1. The van der Waals surface area contributed by atoms with Crippen LogP contribution in [0.1, 0.15) is 32.3 Å². The van der Waals surface area contributed by atoms with Crippen LogP contribution in [0.2, 0.25) is 0 Å². The number of carbonyl (C=O) groups is 1. The van der Waals surface area contributed by atoms with Gasteiger partial charge in [-0.1, -0.05) is 32.0 Å². The third-order valence-electron chi connectivity index (χ3n) is 4.27. The molecule has 0 atom stereocenters. The Morgan fingerprint density at radius 2 is 1.90 bits per heavy atom. The molecule has 21 heavy (non-hydrogen) atoms. The summed E-state index contributed by atoms with van der Waals surface area (Å²) in [6.07, 6.45) is 1.87. The van der Waals surface area contributed by atoms with E-state index in [0.29, 0.717) is 0 Å². The fraction of sp³-hybridized carbons (Fsp3) is 0.588. The number of hydrogen-bond acceptors (Lipinski definition) is 3. The SMILES string of the molecule is CCN(CC)Cc1ccccc1NC(=O)C1CCNCC1. The van der Waals surface area contributed by atoms with Crippen molar-refractivity contribution in [2.45, 2.75) is 33.2 Å². The number of anilines is 1. The minimum atomic E-state index is 0.146. The maximum atomic E-state index is 12.4. The van der Waals surface area contributed by atoms with Gasteiger partial charge in [-0.25, -0.2) is 0 Å². The Kier molecular flexibility index (Phi) is 6.21. The van der Waals surface area contributed by atoms with Gasteiger partial charge >= 0.3 is 0 Å². The van der Waals surface area contributed by atoms with Crippen LogP contribution in [0.3, 0.4) is 0 Å². The van der Waals surface area contributed by atoms with E-state index < -0.39 is 0 Å². The minimum absolute atomic E-state index is 0.146. The molecule has 1 amide bonds. The summed E-state index contributed by atoms with van der Waals surface area (Å²) >= 11 is 0. The number of amides is 1. The Bertz CT molecular complexity index is 451. The zero-order valence-electron chi connectivity index (χ0n) is 13.2. The predicted octanol–water partition coefficient (Wildman–Crippen LogP) is 2.47. The maximum Gasteiger partial charge on any atom is 0.227 e. The van der Waals surface area contributed by atoms with E-state index in [1.165, 1.54) is 5.56 Å². The van der Waals surface area contributed by atoms with Crippen LogP contribution in [0.25, 0.3) is 0 Å². The standard InChI is InChI=1S/C17H27N3O/c1-3-20(4-2)13-15-7-5-6-8-16(15)19-17(21)14-9-11-18-12-10-14/h5-8,14,18H,3-4,9-13H2,1-2H3,(H,19,21). The van der Waals surface area contributed by atoms with E-state index in [-0.39, 0.29) is 11.8 Å². The molecule has 1 saturated heterocycles. The van der Waals surface area contributed by atoms with Crippen molar-refractivity contribution in [3.63, 3.8) is 0 Å². The van der Waals surface area contributed by atoms with Gasteiger partial charge in [-0.15, -0.1) is 0 Å². The minimum Gasteiger partial charge on any atom is -0.326 e. The lowest BCUT2D eigenvalue weighted by atomic mass is 9.97. The molecule has 116 valence electrons. The van der Waals surface area contributed by atoms with Crippen LogP contribution < -0.4 is 10.6 Å². The van der Waals surface area contributed by atoms with Gasteiger partial charge in [0.25, 0.3) is 0 Å². The lowest BCUT2D eigenvalue weighted by Crippen LogP contribution is -2.35. The average molecular weight is 289 g/mol. The van der Waals surface area contributed by atoms with Gasteiger partial charge < -0.3 is 10.6 Å². The number of rotatable bonds is 6. The first-order valence-electron chi connectivity index (χ1n) is 8.06. The molecule has 0 bridgehead atoms. The van der Waals surface area contributed by atoms with Crippen LogP contribution in [0.5, 0.6) is 0 Å². The zero-order chi connectivity index (χ0) is 15.1. The highest BCUT2D eigenvalue weighted by atomic mass is 16.1. The highest BCUT2D eigenvalue weighted by Crippen LogP contribution is 2.20. The molecule has 4 heteroatoms. The molecule has 0 aliphatic carbocycles. The summed E-state index contributed by atoms with van der Waals surface area (Å²) < 4.78 is 0. The van der Waals surface area contributed by atoms with Gasteiger partial charge in [0.1, 0.15) is 0 Å². The van der Waals surface area contributed by atoms with E-state index in [4.69, 9.17) is 0 Å². The van der Waals surface area contributed by atoms with Crippen molar-refractivity contribution in [2.75, 3.05) is 31.5 Å². The fourth-order valence-electron chi connectivity index (χ4n) is 2.79. The monoisotopic (exact) mass is 289 g/mol. The Morgan fingerprint density at radius 3 is 2.57 bits per heavy atom. The molecule has 1 heterocycles. The normalized spacial score (nSPS) is 16.1. The number of benzene rings is 1. The van der Waals surface area contributed by atoms with E-state index in [2.05, 4.69) is 35.4 Å². The van der Waals surface area contributed by atoms with Gasteiger partial charge in [0.15, 0.2) is 0 Å². The average Bonchev–Trinajstić information content (AvgIpc) is 2.54. The van der Waals surface area contributed by atoms with Crippen molar-refractivity contribution in [1.29, 1.82) is 0 Å². The van der Waals surface area contributed by atoms with Crippen molar-refractivity contribution in [3.8, 4) is 0 Å². The number of carbonyl (C=O) groups excluding carboxylic acids is 1. The maximum absolute atomic E-state index is 12.4. The molecule has 1 aromatic carbocycles. The van der Waals surface area contributed by atoms with Crippen molar-refractivity contribution in [3.05, 3.63) is 29.8 Å². The second kappa shape index (κ2) is 8.15. The topological polar surface area (TPSA) is 44.4 Å². The molecule has 2 N–H and O–H groups in total. The molecule has 4 nitrogen and oxygen atoms in total. The quantitative estimate of drug-likeness (QED) is 0.845. The van der Waals surface area contributed by atoms with Gasteiger partial charge in [0.2, 0.25) is 5.91 Å². The van der Waals surface area contributed by atoms with Crippen molar-refractivity contribution >= 4 is 11.6 Å². The van der Waals surface area contributed by atoms with Crippen LogP contribution in [0, 0.1) is 5.92 Å². The van der Waals surface area contributed by atoms with Crippen molar-refractivity contribution < 1.29 is 4.79 Å². The molecule has 1 aliphatic rings. The molecular weight excluding hydrogens is 262 g/mol. The van der Waals surface area contributed by atoms with E-state index in [0.717, 1.165) is 51.3 Å². The molecule has 0 radical (unpaired) electrons. The highest BCUT2D eigenvalue weighted by Gasteiger charge is 2.21. The van der Waals surface area contributed by atoms with Gasteiger partial charge in [0.05, 0.1) is 0 Å². The molecule has 1 fully saturated rings. The number of piperidine rings is 1.